The van der Waals surface area contributed by atoms with E-state index in [-0.39, 0.29) is 35.4 Å². The summed E-state index contributed by atoms with van der Waals surface area (Å²) in [7, 11) is 2.15. The van der Waals surface area contributed by atoms with E-state index >= 15 is 0 Å². The van der Waals surface area contributed by atoms with E-state index in [1.807, 2.05) is 0 Å². The number of hydrogen-bond donors (Lipinski definition) is 4. The van der Waals surface area contributed by atoms with E-state index in [0.29, 0.717) is 21.2 Å². The Bertz CT molecular complexity index is 1440. The van der Waals surface area contributed by atoms with Gasteiger partial charge in [-0.2, -0.15) is 29.9 Å². The number of benzene rings is 2. The topological polar surface area (TPSA) is 153 Å². The van der Waals surface area contributed by atoms with Crippen LogP contribution >= 0.6 is 91.2 Å². The van der Waals surface area contributed by atoms with Crippen molar-refractivity contribution in [3.05, 3.63) is 59.7 Å². The van der Waals surface area contributed by atoms with Crippen LogP contribution in [0.15, 0.2) is 46.2 Å². The van der Waals surface area contributed by atoms with Gasteiger partial charge in [0, 0.05) is 9.79 Å². The summed E-state index contributed by atoms with van der Waals surface area (Å²) in [5, 5.41) is 5.79. The molecule has 10 nitrogen and oxygen atoms in total. The third kappa shape index (κ3) is 8.26. The monoisotopic (exact) mass is 704 g/mol. The lowest BCUT2D eigenvalue weighted by Gasteiger charge is -2.15. The van der Waals surface area contributed by atoms with Crippen molar-refractivity contribution in [2.75, 3.05) is 22.1 Å². The molecule has 20 heteroatoms. The zero-order valence-corrected chi connectivity index (χ0v) is 25.3. The molecule has 0 aliphatic carbocycles. The number of anilines is 6. The molecule has 2 aromatic heterocycles. The maximum absolute atomic E-state index is 14.2. The Morgan fingerprint density at radius 2 is 0.975 bits per heavy atom. The van der Waals surface area contributed by atoms with Crippen LogP contribution in [0.2, 0.25) is 0 Å². The van der Waals surface area contributed by atoms with Gasteiger partial charge in [0.15, 0.2) is 11.6 Å². The van der Waals surface area contributed by atoms with Gasteiger partial charge in [0.05, 0.1) is 11.4 Å². The standard InChI is InChI=1S/C20H12Cl6F2N10S2/c21-19(22,23)13-33-15(29)37-17(35-13)31-9-3-1-7(27)5-11(9)39-40-12-6-8(28)2-4-10(12)32-18-36-14(20(24,25)26)34-16(30)38-18/h1-6H,(H3,29,31,33,35,37)(H3,30,32,34,36,38). The van der Waals surface area contributed by atoms with E-state index in [1.165, 1.54) is 36.4 Å². The second kappa shape index (κ2) is 12.4. The minimum Gasteiger partial charge on any atom is -0.368 e. The first-order valence-corrected chi connectivity index (χ1v) is 14.7. The Balaban J connectivity index is 1.61. The molecule has 0 amide bonds. The second-order valence-corrected chi connectivity index (χ2v) is 14.2. The normalized spacial score (nSPS) is 11.9. The average molecular weight is 707 g/mol. The number of alkyl halides is 6. The van der Waals surface area contributed by atoms with Gasteiger partial charge < -0.3 is 22.1 Å². The van der Waals surface area contributed by atoms with Gasteiger partial charge in [0.2, 0.25) is 31.4 Å². The van der Waals surface area contributed by atoms with Crippen LogP contribution in [0.5, 0.6) is 0 Å². The highest BCUT2D eigenvalue weighted by Gasteiger charge is 2.29. The van der Waals surface area contributed by atoms with Gasteiger partial charge >= 0.3 is 0 Å². The Labute approximate surface area is 262 Å². The maximum atomic E-state index is 14.2. The fourth-order valence-corrected chi connectivity index (χ4v) is 5.61. The van der Waals surface area contributed by atoms with Crippen molar-refractivity contribution in [2.45, 2.75) is 17.4 Å². The van der Waals surface area contributed by atoms with Crippen LogP contribution in [-0.4, -0.2) is 29.9 Å². The minimum atomic E-state index is -1.97. The number of nitrogens with zero attached hydrogens (tertiary/aromatic N) is 6. The van der Waals surface area contributed by atoms with E-state index < -0.39 is 19.2 Å². The van der Waals surface area contributed by atoms with Crippen molar-refractivity contribution in [2.24, 2.45) is 0 Å². The summed E-state index contributed by atoms with van der Waals surface area (Å²) < 4.78 is 24.5. The zero-order valence-electron chi connectivity index (χ0n) is 19.1. The number of nitrogens with two attached hydrogens (primary N) is 2. The number of nitrogens with one attached hydrogen (secondary N) is 2. The molecule has 0 fully saturated rings. The summed E-state index contributed by atoms with van der Waals surface area (Å²) in [5.74, 6) is -2.05. The van der Waals surface area contributed by atoms with Gasteiger partial charge in [-0.25, -0.2) is 8.78 Å². The fraction of sp³-hybridized carbons (Fsp3) is 0.100. The van der Waals surface area contributed by atoms with Gasteiger partial charge in [-0.15, -0.1) is 0 Å². The summed E-state index contributed by atoms with van der Waals surface area (Å²) in [4.78, 5) is 24.4. The number of nitrogen functional groups attached to an aromatic ring is 2. The number of aromatic nitrogens is 6. The largest absolute Gasteiger partial charge is 0.368 e. The van der Waals surface area contributed by atoms with Crippen molar-refractivity contribution >= 4 is 126 Å². The molecule has 0 saturated carbocycles. The van der Waals surface area contributed by atoms with Crippen molar-refractivity contribution in [3.63, 3.8) is 0 Å². The lowest BCUT2D eigenvalue weighted by molar-refractivity contribution is 0.624. The van der Waals surface area contributed by atoms with Crippen LogP contribution in [0.1, 0.15) is 11.6 Å². The van der Waals surface area contributed by atoms with Gasteiger partial charge in [-0.3, -0.25) is 0 Å². The third-order valence-corrected chi connectivity index (χ3v) is 7.87. The van der Waals surface area contributed by atoms with Gasteiger partial charge in [0.25, 0.3) is 0 Å². The summed E-state index contributed by atoms with van der Waals surface area (Å²) in [6.07, 6.45) is 0. The van der Waals surface area contributed by atoms with Crippen molar-refractivity contribution in [1.29, 1.82) is 0 Å². The molecule has 0 aliphatic heterocycles. The molecule has 0 atom stereocenters. The van der Waals surface area contributed by atoms with Crippen LogP contribution in [-0.2, 0) is 7.59 Å². The highest BCUT2D eigenvalue weighted by atomic mass is 35.6. The van der Waals surface area contributed by atoms with Crippen molar-refractivity contribution < 1.29 is 8.78 Å². The van der Waals surface area contributed by atoms with Gasteiger partial charge in [-0.05, 0) is 36.4 Å². The summed E-state index contributed by atoms with van der Waals surface area (Å²) in [5.41, 5.74) is 12.1. The predicted molar refractivity (Wildman–Crippen MR) is 158 cm³/mol. The quantitative estimate of drug-likeness (QED) is 0.112. The van der Waals surface area contributed by atoms with Crippen molar-refractivity contribution in [3.8, 4) is 0 Å². The smallest absolute Gasteiger partial charge is 0.250 e. The number of halogens is 8. The fourth-order valence-electron chi connectivity index (χ4n) is 2.82. The molecule has 0 saturated heterocycles. The van der Waals surface area contributed by atoms with E-state index in [9.17, 15) is 8.78 Å². The lowest BCUT2D eigenvalue weighted by Crippen LogP contribution is -2.13. The second-order valence-electron chi connectivity index (χ2n) is 7.37. The molecule has 6 N–H and O–H groups in total. The molecule has 0 spiro atoms. The molecular weight excluding hydrogens is 695 g/mol. The summed E-state index contributed by atoms with van der Waals surface area (Å²) >= 11 is 35.2. The minimum absolute atomic E-state index is 0.0578. The van der Waals surface area contributed by atoms with Crippen molar-refractivity contribution in [1.82, 2.24) is 29.9 Å². The maximum Gasteiger partial charge on any atom is 0.250 e. The molecule has 0 unspecified atom stereocenters. The highest BCUT2D eigenvalue weighted by molar-refractivity contribution is 8.76. The van der Waals surface area contributed by atoms with Crippen LogP contribution in [0.25, 0.3) is 0 Å². The number of hydrogen-bond acceptors (Lipinski definition) is 12. The molecule has 0 bridgehead atoms. The molecule has 2 heterocycles. The molecule has 210 valence electrons. The number of rotatable bonds is 7. The molecule has 2 aromatic carbocycles. The van der Waals surface area contributed by atoms with Crippen LogP contribution in [0.4, 0.5) is 43.9 Å². The molecule has 0 radical (unpaired) electrons. The van der Waals surface area contributed by atoms with Gasteiger partial charge in [-0.1, -0.05) is 91.2 Å². The highest BCUT2D eigenvalue weighted by Crippen LogP contribution is 2.45. The summed E-state index contributed by atoms with van der Waals surface area (Å²) in [6.45, 7) is 0. The van der Waals surface area contributed by atoms with Crippen LogP contribution in [0, 0.1) is 11.6 Å². The Hall–Kier alpha value is -2.04. The van der Waals surface area contributed by atoms with E-state index in [4.69, 9.17) is 81.1 Å². The molecule has 4 aromatic rings. The SMILES string of the molecule is Nc1nc(Nc2ccc(F)cc2SSc2cc(F)ccc2Nc2nc(N)nc(C(Cl)(Cl)Cl)n2)nc(C(Cl)(Cl)Cl)n1. The Morgan fingerprint density at radius 3 is 1.32 bits per heavy atom. The van der Waals surface area contributed by atoms with E-state index in [1.54, 1.807) is 0 Å². The predicted octanol–water partition coefficient (Wildman–Crippen LogP) is 7.44. The molecule has 4 rings (SSSR count). The zero-order chi connectivity index (χ0) is 29.2. The molecular formula is C20H12Cl6F2N10S2. The first kappa shape index (κ1) is 30.9. The van der Waals surface area contributed by atoms with Crippen LogP contribution < -0.4 is 22.1 Å². The molecule has 0 aliphatic rings. The third-order valence-electron chi connectivity index (χ3n) is 4.41. The molecule has 40 heavy (non-hydrogen) atoms. The first-order chi connectivity index (χ1) is 18.7. The lowest BCUT2D eigenvalue weighted by atomic mass is 10.3. The average Bonchev–Trinajstić information content (AvgIpc) is 2.84. The Morgan fingerprint density at radius 1 is 0.600 bits per heavy atom. The summed E-state index contributed by atoms with van der Waals surface area (Å²) in [6, 6.07) is 7.77. The van der Waals surface area contributed by atoms with E-state index in [2.05, 4.69) is 40.5 Å². The van der Waals surface area contributed by atoms with E-state index in [0.717, 1.165) is 21.6 Å². The van der Waals surface area contributed by atoms with Gasteiger partial charge in [0.1, 0.15) is 11.6 Å². The van der Waals surface area contributed by atoms with Crippen LogP contribution in [0.3, 0.4) is 0 Å². The first-order valence-electron chi connectivity index (χ1n) is 10.3. The Kier molecular flexibility index (Phi) is 9.62.